The Morgan fingerprint density at radius 3 is 2.06 bits per heavy atom. The van der Waals surface area contributed by atoms with Crippen molar-refractivity contribution in [1.29, 1.82) is 0 Å². The van der Waals surface area contributed by atoms with E-state index in [9.17, 15) is 9.59 Å². The maximum Gasteiger partial charge on any atom is 0.255 e. The molecule has 2 N–H and O–H groups in total. The number of amides is 2. The number of carbonyl (C=O) groups excluding carboxylic acids is 2. The fourth-order valence-corrected chi connectivity index (χ4v) is 4.83. The van der Waals surface area contributed by atoms with Gasteiger partial charge in [0.05, 0.1) is 0 Å². The highest BCUT2D eigenvalue weighted by Gasteiger charge is 2.22. The standard InChI is InChI=1S/C31H30N2O2S/c1-21(2)23-16-18-26(19-17-23)32-31(35)29(24-8-5-4-6-9-24)36-28-11-7-10-27(20-28)33-30(34)25-14-12-22(3)13-15-25/h4-21,29H,1-3H3,(H,32,35)(H,33,34). The first kappa shape index (κ1) is 25.3. The molecule has 0 saturated carbocycles. The number of thioether (sulfide) groups is 1. The number of anilines is 2. The van der Waals surface area contributed by atoms with Crippen LogP contribution in [0.5, 0.6) is 0 Å². The Morgan fingerprint density at radius 1 is 0.694 bits per heavy atom. The molecule has 4 nitrogen and oxygen atoms in total. The van der Waals surface area contributed by atoms with E-state index in [-0.39, 0.29) is 11.8 Å². The van der Waals surface area contributed by atoms with Crippen LogP contribution in [0, 0.1) is 6.92 Å². The van der Waals surface area contributed by atoms with Crippen LogP contribution in [-0.4, -0.2) is 11.8 Å². The van der Waals surface area contributed by atoms with Gasteiger partial charge in [-0.3, -0.25) is 9.59 Å². The van der Waals surface area contributed by atoms with Gasteiger partial charge in [-0.25, -0.2) is 0 Å². The van der Waals surface area contributed by atoms with E-state index in [1.807, 2.05) is 110 Å². The average Bonchev–Trinajstić information content (AvgIpc) is 2.88. The zero-order valence-electron chi connectivity index (χ0n) is 20.7. The molecule has 36 heavy (non-hydrogen) atoms. The fourth-order valence-electron chi connectivity index (χ4n) is 3.75. The summed E-state index contributed by atoms with van der Waals surface area (Å²) < 4.78 is 0. The molecule has 0 aromatic heterocycles. The van der Waals surface area contributed by atoms with Gasteiger partial charge in [0, 0.05) is 21.8 Å². The topological polar surface area (TPSA) is 58.2 Å². The molecule has 0 spiro atoms. The van der Waals surface area contributed by atoms with E-state index in [0.717, 1.165) is 21.7 Å². The highest BCUT2D eigenvalue weighted by molar-refractivity contribution is 8.00. The first-order valence-corrected chi connectivity index (χ1v) is 12.9. The van der Waals surface area contributed by atoms with Gasteiger partial charge in [-0.2, -0.15) is 0 Å². The average molecular weight is 495 g/mol. The smallest absolute Gasteiger partial charge is 0.255 e. The molecule has 0 bridgehead atoms. The molecule has 4 rings (SSSR count). The van der Waals surface area contributed by atoms with Crippen molar-refractivity contribution in [2.45, 2.75) is 36.8 Å². The molecule has 1 unspecified atom stereocenters. The number of aryl methyl sites for hydroxylation is 1. The van der Waals surface area contributed by atoms with Crippen LogP contribution >= 0.6 is 11.8 Å². The van der Waals surface area contributed by atoms with Crippen molar-refractivity contribution in [3.8, 4) is 0 Å². The van der Waals surface area contributed by atoms with Crippen molar-refractivity contribution < 1.29 is 9.59 Å². The fraction of sp³-hybridized carbons (Fsp3) is 0.161. The van der Waals surface area contributed by atoms with E-state index in [0.29, 0.717) is 17.2 Å². The minimum Gasteiger partial charge on any atom is -0.325 e. The normalized spacial score (nSPS) is 11.7. The van der Waals surface area contributed by atoms with E-state index in [4.69, 9.17) is 0 Å². The summed E-state index contributed by atoms with van der Waals surface area (Å²) in [6.07, 6.45) is 0. The van der Waals surface area contributed by atoms with Gasteiger partial charge in [-0.1, -0.05) is 80.1 Å². The van der Waals surface area contributed by atoms with E-state index in [1.54, 1.807) is 0 Å². The third-order valence-electron chi connectivity index (χ3n) is 5.84. The van der Waals surface area contributed by atoms with Crippen LogP contribution < -0.4 is 10.6 Å². The molecule has 0 heterocycles. The van der Waals surface area contributed by atoms with E-state index in [1.165, 1.54) is 17.3 Å². The maximum absolute atomic E-state index is 13.4. The summed E-state index contributed by atoms with van der Waals surface area (Å²) in [4.78, 5) is 27.0. The molecule has 4 aromatic rings. The SMILES string of the molecule is Cc1ccc(C(=O)Nc2cccc(SC(C(=O)Nc3ccc(C(C)C)cc3)c3ccccc3)c2)cc1. The molecule has 5 heteroatoms. The molecule has 0 saturated heterocycles. The van der Waals surface area contributed by atoms with Gasteiger partial charge in [0.2, 0.25) is 5.91 Å². The Kier molecular flexibility index (Phi) is 8.24. The molecule has 4 aromatic carbocycles. The molecular formula is C31H30N2O2S. The van der Waals surface area contributed by atoms with E-state index < -0.39 is 5.25 Å². The van der Waals surface area contributed by atoms with Crippen LogP contribution in [0.1, 0.15) is 52.1 Å². The molecule has 0 aliphatic heterocycles. The van der Waals surface area contributed by atoms with Gasteiger partial charge in [-0.05, 0) is 66.4 Å². The first-order chi connectivity index (χ1) is 17.4. The lowest BCUT2D eigenvalue weighted by molar-refractivity contribution is -0.115. The predicted octanol–water partition coefficient (Wildman–Crippen LogP) is 7.84. The molecule has 0 aliphatic rings. The Labute approximate surface area is 217 Å². The van der Waals surface area contributed by atoms with Crippen LogP contribution in [0.15, 0.2) is 108 Å². The second kappa shape index (κ2) is 11.7. The lowest BCUT2D eigenvalue weighted by Gasteiger charge is -2.18. The largest absolute Gasteiger partial charge is 0.325 e. The molecule has 0 aliphatic carbocycles. The van der Waals surface area contributed by atoms with Crippen LogP contribution in [0.2, 0.25) is 0 Å². The number of nitrogens with one attached hydrogen (secondary N) is 2. The van der Waals surface area contributed by atoms with Crippen LogP contribution in [0.4, 0.5) is 11.4 Å². The van der Waals surface area contributed by atoms with Gasteiger partial charge in [-0.15, -0.1) is 11.8 Å². The Morgan fingerprint density at radius 2 is 1.39 bits per heavy atom. The summed E-state index contributed by atoms with van der Waals surface area (Å²) in [5, 5.41) is 5.57. The summed E-state index contributed by atoms with van der Waals surface area (Å²) in [6, 6.07) is 32.8. The van der Waals surface area contributed by atoms with E-state index >= 15 is 0 Å². The number of hydrogen-bond donors (Lipinski definition) is 2. The lowest BCUT2D eigenvalue weighted by Crippen LogP contribution is -2.19. The zero-order chi connectivity index (χ0) is 25.5. The van der Waals surface area contributed by atoms with Crippen molar-refractivity contribution >= 4 is 35.0 Å². The zero-order valence-corrected chi connectivity index (χ0v) is 21.5. The van der Waals surface area contributed by atoms with Crippen molar-refractivity contribution in [2.75, 3.05) is 10.6 Å². The third kappa shape index (κ3) is 6.64. The van der Waals surface area contributed by atoms with Gasteiger partial charge in [0.15, 0.2) is 0 Å². The molecule has 2 amide bonds. The second-order valence-corrected chi connectivity index (χ2v) is 10.2. The van der Waals surface area contributed by atoms with Gasteiger partial charge in [0.1, 0.15) is 5.25 Å². The quantitative estimate of drug-likeness (QED) is 0.245. The van der Waals surface area contributed by atoms with Crippen LogP contribution in [0.25, 0.3) is 0 Å². The molecule has 0 radical (unpaired) electrons. The summed E-state index contributed by atoms with van der Waals surface area (Å²) in [7, 11) is 0. The second-order valence-electron chi connectivity index (χ2n) is 9.02. The molecule has 0 fully saturated rings. The molecule has 1 atom stereocenters. The van der Waals surface area contributed by atoms with Gasteiger partial charge in [0.25, 0.3) is 5.91 Å². The Hall–Kier alpha value is -3.83. The van der Waals surface area contributed by atoms with Gasteiger partial charge < -0.3 is 10.6 Å². The predicted molar refractivity (Wildman–Crippen MR) is 150 cm³/mol. The van der Waals surface area contributed by atoms with Crippen molar-refractivity contribution in [3.63, 3.8) is 0 Å². The van der Waals surface area contributed by atoms with E-state index in [2.05, 4.69) is 24.5 Å². The molecule has 182 valence electrons. The van der Waals surface area contributed by atoms with Gasteiger partial charge >= 0.3 is 0 Å². The van der Waals surface area contributed by atoms with Crippen molar-refractivity contribution in [1.82, 2.24) is 0 Å². The summed E-state index contributed by atoms with van der Waals surface area (Å²) >= 11 is 1.45. The summed E-state index contributed by atoms with van der Waals surface area (Å²) in [5.74, 6) is 0.165. The highest BCUT2D eigenvalue weighted by atomic mass is 32.2. The maximum atomic E-state index is 13.4. The Bertz CT molecular complexity index is 1320. The summed E-state index contributed by atoms with van der Waals surface area (Å²) in [6.45, 7) is 6.28. The minimum atomic E-state index is -0.459. The summed E-state index contributed by atoms with van der Waals surface area (Å²) in [5.41, 5.74) is 5.29. The van der Waals surface area contributed by atoms with Crippen molar-refractivity contribution in [3.05, 3.63) is 125 Å². The number of carbonyl (C=O) groups is 2. The first-order valence-electron chi connectivity index (χ1n) is 12.0. The lowest BCUT2D eigenvalue weighted by atomic mass is 10.0. The number of benzene rings is 4. The number of hydrogen-bond acceptors (Lipinski definition) is 3. The molecular weight excluding hydrogens is 464 g/mol. The monoisotopic (exact) mass is 494 g/mol. The van der Waals surface area contributed by atoms with Crippen LogP contribution in [-0.2, 0) is 4.79 Å². The minimum absolute atomic E-state index is 0.0995. The highest BCUT2D eigenvalue weighted by Crippen LogP contribution is 2.37. The third-order valence-corrected chi connectivity index (χ3v) is 7.09. The van der Waals surface area contributed by atoms with Crippen molar-refractivity contribution in [2.24, 2.45) is 0 Å². The Balaban J connectivity index is 1.52. The van der Waals surface area contributed by atoms with Crippen LogP contribution in [0.3, 0.4) is 0 Å². The number of rotatable bonds is 8.